The molecule has 1 N–H and O–H groups in total. The van der Waals surface area contributed by atoms with E-state index in [9.17, 15) is 4.79 Å². The van der Waals surface area contributed by atoms with E-state index >= 15 is 0 Å². The summed E-state index contributed by atoms with van der Waals surface area (Å²) in [6.07, 6.45) is 0.892. The second-order valence-electron chi connectivity index (χ2n) is 7.25. The Hall–Kier alpha value is -2.63. The molecule has 1 saturated heterocycles. The molecule has 6 heteroatoms. The second kappa shape index (κ2) is 8.37. The van der Waals surface area contributed by atoms with Crippen LogP contribution in [0.15, 0.2) is 30.3 Å². The van der Waals surface area contributed by atoms with E-state index in [2.05, 4.69) is 63.2 Å². The van der Waals surface area contributed by atoms with Crippen molar-refractivity contribution in [1.82, 2.24) is 15.3 Å². The molecular formula is C21H29N5O. The second-order valence-corrected chi connectivity index (χ2v) is 7.25. The summed E-state index contributed by atoms with van der Waals surface area (Å²) in [5.74, 6) is 1.33. The van der Waals surface area contributed by atoms with Crippen molar-refractivity contribution in [3.63, 3.8) is 0 Å². The summed E-state index contributed by atoms with van der Waals surface area (Å²) in [5, 5.41) is 2.98. The van der Waals surface area contributed by atoms with Crippen LogP contribution >= 0.6 is 0 Å². The Labute approximate surface area is 161 Å². The van der Waals surface area contributed by atoms with E-state index in [4.69, 9.17) is 0 Å². The van der Waals surface area contributed by atoms with Gasteiger partial charge in [0.25, 0.3) is 5.91 Å². The van der Waals surface area contributed by atoms with E-state index in [0.29, 0.717) is 11.5 Å². The molecule has 0 aliphatic carbocycles. The fourth-order valence-corrected chi connectivity index (χ4v) is 3.25. The lowest BCUT2D eigenvalue weighted by molar-refractivity contribution is 0.0934. The Bertz CT molecular complexity index is 799. The van der Waals surface area contributed by atoms with Crippen molar-refractivity contribution in [3.05, 3.63) is 47.4 Å². The molecule has 3 rings (SSSR count). The van der Waals surface area contributed by atoms with Crippen molar-refractivity contribution in [2.45, 2.75) is 40.2 Å². The van der Waals surface area contributed by atoms with Crippen molar-refractivity contribution >= 4 is 17.4 Å². The molecule has 2 heterocycles. The molecule has 27 heavy (non-hydrogen) atoms. The summed E-state index contributed by atoms with van der Waals surface area (Å²) in [4.78, 5) is 26.0. The average Bonchev–Trinajstić information content (AvgIpc) is 2.67. The van der Waals surface area contributed by atoms with Crippen LogP contribution in [0.5, 0.6) is 0 Å². The fraction of sp³-hybridized carbons (Fsp3) is 0.476. The molecule has 1 amide bonds. The van der Waals surface area contributed by atoms with Crippen LogP contribution < -0.4 is 15.1 Å². The van der Waals surface area contributed by atoms with Gasteiger partial charge in [-0.25, -0.2) is 9.97 Å². The largest absolute Gasteiger partial charge is 0.368 e. The van der Waals surface area contributed by atoms with Crippen LogP contribution in [-0.4, -0.2) is 48.1 Å². The number of benzene rings is 1. The molecule has 0 spiro atoms. The van der Waals surface area contributed by atoms with Crippen LogP contribution in [0.25, 0.3) is 0 Å². The molecule has 0 bridgehead atoms. The third kappa shape index (κ3) is 4.76. The molecule has 1 unspecified atom stereocenters. The van der Waals surface area contributed by atoms with Crippen molar-refractivity contribution in [2.75, 3.05) is 36.0 Å². The summed E-state index contributed by atoms with van der Waals surface area (Å²) < 4.78 is 0. The molecule has 144 valence electrons. The zero-order valence-electron chi connectivity index (χ0n) is 16.7. The van der Waals surface area contributed by atoms with Crippen molar-refractivity contribution in [2.24, 2.45) is 0 Å². The number of piperazine rings is 1. The van der Waals surface area contributed by atoms with E-state index in [0.717, 1.165) is 38.4 Å². The summed E-state index contributed by atoms with van der Waals surface area (Å²) in [7, 11) is 0. The Balaban J connectivity index is 1.69. The maximum atomic E-state index is 12.4. The van der Waals surface area contributed by atoms with Gasteiger partial charge in [-0.3, -0.25) is 4.79 Å². The lowest BCUT2D eigenvalue weighted by Crippen LogP contribution is -2.47. The predicted molar refractivity (Wildman–Crippen MR) is 110 cm³/mol. The molecule has 1 aliphatic heterocycles. The fourth-order valence-electron chi connectivity index (χ4n) is 3.25. The van der Waals surface area contributed by atoms with Gasteiger partial charge in [0.05, 0.1) is 0 Å². The average molecular weight is 367 g/mol. The normalized spacial score (nSPS) is 15.6. The van der Waals surface area contributed by atoms with E-state index in [1.165, 1.54) is 11.3 Å². The van der Waals surface area contributed by atoms with Gasteiger partial charge in [-0.15, -0.1) is 0 Å². The maximum Gasteiger partial charge on any atom is 0.270 e. The number of amides is 1. The molecule has 1 aromatic heterocycles. The number of rotatable bonds is 5. The van der Waals surface area contributed by atoms with E-state index in [-0.39, 0.29) is 11.9 Å². The number of carbonyl (C=O) groups excluding carboxylic acids is 1. The third-order valence-electron chi connectivity index (χ3n) is 5.02. The van der Waals surface area contributed by atoms with Gasteiger partial charge >= 0.3 is 0 Å². The minimum Gasteiger partial charge on any atom is -0.368 e. The Morgan fingerprint density at radius 1 is 1.11 bits per heavy atom. The first-order valence-electron chi connectivity index (χ1n) is 9.69. The molecule has 6 nitrogen and oxygen atoms in total. The first kappa shape index (κ1) is 19.1. The standard InChI is InChI=1S/C21H29N5O/c1-5-16(3)22-21(27)19-14-20(24-17(4)23-19)26-11-9-25(10-12-26)18-8-6-7-15(2)13-18/h6-8,13-14,16H,5,9-12H2,1-4H3,(H,22,27). The number of nitrogens with one attached hydrogen (secondary N) is 1. The third-order valence-corrected chi connectivity index (χ3v) is 5.02. The Morgan fingerprint density at radius 3 is 2.48 bits per heavy atom. The summed E-state index contributed by atoms with van der Waals surface area (Å²) in [5.41, 5.74) is 2.99. The Morgan fingerprint density at radius 2 is 1.81 bits per heavy atom. The number of carbonyl (C=O) groups is 1. The molecule has 1 aromatic carbocycles. The van der Waals surface area contributed by atoms with Gasteiger partial charge in [-0.1, -0.05) is 19.1 Å². The number of anilines is 2. The predicted octanol–water partition coefficient (Wildman–Crippen LogP) is 2.95. The lowest BCUT2D eigenvalue weighted by Gasteiger charge is -2.37. The van der Waals surface area contributed by atoms with Gasteiger partial charge in [0.1, 0.15) is 17.3 Å². The first-order chi connectivity index (χ1) is 13.0. The van der Waals surface area contributed by atoms with Gasteiger partial charge in [-0.2, -0.15) is 0 Å². The topological polar surface area (TPSA) is 61.4 Å². The number of nitrogens with zero attached hydrogens (tertiary/aromatic N) is 4. The van der Waals surface area contributed by atoms with E-state index in [1.807, 2.05) is 19.9 Å². The quantitative estimate of drug-likeness (QED) is 0.880. The molecule has 1 fully saturated rings. The maximum absolute atomic E-state index is 12.4. The summed E-state index contributed by atoms with van der Waals surface area (Å²) >= 11 is 0. The van der Waals surface area contributed by atoms with Crippen LogP contribution in [-0.2, 0) is 0 Å². The Kier molecular flexibility index (Phi) is 5.94. The number of hydrogen-bond acceptors (Lipinski definition) is 5. The number of hydrogen-bond donors (Lipinski definition) is 1. The van der Waals surface area contributed by atoms with Gasteiger partial charge in [0, 0.05) is 44.0 Å². The minimum atomic E-state index is -0.130. The summed E-state index contributed by atoms with van der Waals surface area (Å²) in [6, 6.07) is 10.6. The lowest BCUT2D eigenvalue weighted by atomic mass is 10.2. The van der Waals surface area contributed by atoms with Gasteiger partial charge in [0.15, 0.2) is 0 Å². The van der Waals surface area contributed by atoms with Crippen molar-refractivity contribution in [1.29, 1.82) is 0 Å². The highest BCUT2D eigenvalue weighted by molar-refractivity contribution is 5.93. The van der Waals surface area contributed by atoms with Gasteiger partial charge in [0.2, 0.25) is 0 Å². The van der Waals surface area contributed by atoms with E-state index in [1.54, 1.807) is 0 Å². The first-order valence-corrected chi connectivity index (χ1v) is 9.69. The zero-order chi connectivity index (χ0) is 19.4. The van der Waals surface area contributed by atoms with Crippen LogP contribution in [0.2, 0.25) is 0 Å². The highest BCUT2D eigenvalue weighted by atomic mass is 16.1. The van der Waals surface area contributed by atoms with Crippen LogP contribution in [0, 0.1) is 13.8 Å². The van der Waals surface area contributed by atoms with Gasteiger partial charge in [-0.05, 0) is 44.9 Å². The van der Waals surface area contributed by atoms with Gasteiger partial charge < -0.3 is 15.1 Å². The number of aromatic nitrogens is 2. The smallest absolute Gasteiger partial charge is 0.270 e. The molecule has 0 radical (unpaired) electrons. The molecule has 2 aromatic rings. The van der Waals surface area contributed by atoms with Crippen LogP contribution in [0.4, 0.5) is 11.5 Å². The minimum absolute atomic E-state index is 0.130. The monoisotopic (exact) mass is 367 g/mol. The SMILES string of the molecule is CCC(C)NC(=O)c1cc(N2CCN(c3cccc(C)c3)CC2)nc(C)n1. The highest BCUT2D eigenvalue weighted by Gasteiger charge is 2.21. The van der Waals surface area contributed by atoms with Crippen molar-refractivity contribution < 1.29 is 4.79 Å². The summed E-state index contributed by atoms with van der Waals surface area (Å²) in [6.45, 7) is 11.6. The van der Waals surface area contributed by atoms with Crippen LogP contribution in [0.1, 0.15) is 42.1 Å². The molecular weight excluding hydrogens is 338 g/mol. The number of aryl methyl sites for hydroxylation is 2. The zero-order valence-corrected chi connectivity index (χ0v) is 16.7. The van der Waals surface area contributed by atoms with Crippen molar-refractivity contribution in [3.8, 4) is 0 Å². The molecule has 0 saturated carbocycles. The van der Waals surface area contributed by atoms with Crippen LogP contribution in [0.3, 0.4) is 0 Å². The molecule has 1 aliphatic rings. The van der Waals surface area contributed by atoms with E-state index < -0.39 is 0 Å². The highest BCUT2D eigenvalue weighted by Crippen LogP contribution is 2.21. The molecule has 1 atom stereocenters.